The molecule has 0 fully saturated rings. The quantitative estimate of drug-likeness (QED) is 0.601. The lowest BCUT2D eigenvalue weighted by Crippen LogP contribution is -2.37. The number of nitrogens with one attached hydrogen (secondary N) is 1. The summed E-state index contributed by atoms with van der Waals surface area (Å²) in [5.41, 5.74) is 1.01. The van der Waals surface area contributed by atoms with Crippen LogP contribution in [0.25, 0.3) is 0 Å². The van der Waals surface area contributed by atoms with Crippen LogP contribution in [0.3, 0.4) is 0 Å². The van der Waals surface area contributed by atoms with Gasteiger partial charge in [0.2, 0.25) is 0 Å². The lowest BCUT2D eigenvalue weighted by atomic mass is 10.4. The number of thiocarbonyl (C=S) groups is 1. The number of methoxy groups -OCH3 is 1. The maximum absolute atomic E-state index is 5.27. The highest BCUT2D eigenvalue weighted by Crippen LogP contribution is 1.99. The molecule has 5 nitrogen and oxygen atoms in total. The first-order chi connectivity index (χ1) is 8.13. The minimum atomic E-state index is 0.719. The van der Waals surface area contributed by atoms with Crippen molar-refractivity contribution in [2.75, 3.05) is 27.3 Å². The summed E-state index contributed by atoms with van der Waals surface area (Å²) in [6, 6.07) is 1.99. The zero-order valence-corrected chi connectivity index (χ0v) is 11.5. The summed E-state index contributed by atoms with van der Waals surface area (Å²) in [6.07, 6.45) is 2.88. The van der Waals surface area contributed by atoms with Crippen molar-refractivity contribution in [2.24, 2.45) is 7.05 Å². The van der Waals surface area contributed by atoms with E-state index >= 15 is 0 Å². The first kappa shape index (κ1) is 13.9. The van der Waals surface area contributed by atoms with E-state index in [2.05, 4.69) is 10.4 Å². The van der Waals surface area contributed by atoms with Crippen LogP contribution in [0.4, 0.5) is 0 Å². The van der Waals surface area contributed by atoms with Gasteiger partial charge in [-0.05, 0) is 24.7 Å². The van der Waals surface area contributed by atoms with E-state index in [9.17, 15) is 0 Å². The van der Waals surface area contributed by atoms with Crippen molar-refractivity contribution < 1.29 is 4.74 Å². The minimum Gasteiger partial charge on any atom is -0.385 e. The zero-order chi connectivity index (χ0) is 12.7. The van der Waals surface area contributed by atoms with Gasteiger partial charge in [0.1, 0.15) is 0 Å². The minimum absolute atomic E-state index is 0.719. The van der Waals surface area contributed by atoms with Crippen LogP contribution >= 0.6 is 12.2 Å². The van der Waals surface area contributed by atoms with Gasteiger partial charge in [0, 0.05) is 40.6 Å². The monoisotopic (exact) mass is 256 g/mol. The van der Waals surface area contributed by atoms with Gasteiger partial charge in [-0.2, -0.15) is 5.10 Å². The second-order valence-corrected chi connectivity index (χ2v) is 4.30. The first-order valence-electron chi connectivity index (χ1n) is 5.60. The zero-order valence-electron chi connectivity index (χ0n) is 10.6. The van der Waals surface area contributed by atoms with Crippen molar-refractivity contribution in [1.29, 1.82) is 0 Å². The summed E-state index contributed by atoms with van der Waals surface area (Å²) in [4.78, 5) is 1.98. The van der Waals surface area contributed by atoms with Crippen molar-refractivity contribution in [1.82, 2.24) is 20.0 Å². The molecule has 1 aromatic heterocycles. The van der Waals surface area contributed by atoms with E-state index < -0.39 is 0 Å². The molecule has 0 aliphatic rings. The van der Waals surface area contributed by atoms with Gasteiger partial charge in [-0.25, -0.2) is 0 Å². The molecule has 1 aromatic rings. The first-order valence-corrected chi connectivity index (χ1v) is 6.00. The van der Waals surface area contributed by atoms with Crippen LogP contribution in [0.2, 0.25) is 0 Å². The topological polar surface area (TPSA) is 42.3 Å². The molecule has 1 rings (SSSR count). The molecule has 0 aliphatic carbocycles. The van der Waals surface area contributed by atoms with E-state index in [0.29, 0.717) is 0 Å². The molecule has 0 bridgehead atoms. The Balaban J connectivity index is 2.27. The van der Waals surface area contributed by atoms with E-state index in [1.165, 1.54) is 0 Å². The number of hydrogen-bond acceptors (Lipinski definition) is 3. The van der Waals surface area contributed by atoms with Gasteiger partial charge in [0.15, 0.2) is 5.11 Å². The molecule has 6 heteroatoms. The fourth-order valence-electron chi connectivity index (χ4n) is 1.41. The van der Waals surface area contributed by atoms with Crippen LogP contribution in [-0.2, 0) is 18.3 Å². The maximum atomic E-state index is 5.27. The molecule has 96 valence electrons. The van der Waals surface area contributed by atoms with Crippen molar-refractivity contribution in [3.05, 3.63) is 18.0 Å². The summed E-state index contributed by atoms with van der Waals surface area (Å²) in [5.74, 6) is 0. The van der Waals surface area contributed by atoms with Gasteiger partial charge in [-0.1, -0.05) is 0 Å². The lowest BCUT2D eigenvalue weighted by molar-refractivity contribution is 0.195. The third-order valence-electron chi connectivity index (χ3n) is 2.32. The molecule has 0 unspecified atom stereocenters. The van der Waals surface area contributed by atoms with Gasteiger partial charge < -0.3 is 15.0 Å². The molecule has 1 heterocycles. The molecular formula is C11H20N4OS. The number of ether oxygens (including phenoxy) is 1. The Kier molecular flexibility index (Phi) is 5.93. The molecule has 1 N–H and O–H groups in total. The van der Waals surface area contributed by atoms with Crippen LogP contribution in [0.15, 0.2) is 12.3 Å². The predicted octanol–water partition coefficient (Wildman–Crippen LogP) is 0.763. The van der Waals surface area contributed by atoms with Gasteiger partial charge in [0.05, 0.1) is 12.2 Å². The average Bonchev–Trinajstić information content (AvgIpc) is 2.70. The number of nitrogens with zero attached hydrogens (tertiary/aromatic N) is 3. The van der Waals surface area contributed by atoms with Gasteiger partial charge in [-0.15, -0.1) is 0 Å². The molecular weight excluding hydrogens is 236 g/mol. The van der Waals surface area contributed by atoms with Gasteiger partial charge >= 0.3 is 0 Å². The Morgan fingerprint density at radius 2 is 2.41 bits per heavy atom. The number of aromatic nitrogens is 2. The second-order valence-electron chi connectivity index (χ2n) is 3.92. The highest BCUT2D eigenvalue weighted by atomic mass is 32.1. The Hall–Kier alpha value is -1.14. The summed E-state index contributed by atoms with van der Waals surface area (Å²) < 4.78 is 6.76. The Morgan fingerprint density at radius 3 is 3.00 bits per heavy atom. The van der Waals surface area contributed by atoms with Gasteiger partial charge in [-0.3, -0.25) is 4.68 Å². The normalized spacial score (nSPS) is 10.3. The summed E-state index contributed by atoms with van der Waals surface area (Å²) >= 11 is 5.27. The van der Waals surface area contributed by atoms with Crippen LogP contribution in [0.5, 0.6) is 0 Å². The predicted molar refractivity (Wildman–Crippen MR) is 71.8 cm³/mol. The SMILES string of the molecule is COCCCNC(=S)N(C)Cc1ccn(C)n1. The van der Waals surface area contributed by atoms with Gasteiger partial charge in [0.25, 0.3) is 0 Å². The molecule has 0 saturated carbocycles. The third kappa shape index (κ3) is 5.14. The van der Waals surface area contributed by atoms with Crippen molar-refractivity contribution in [3.8, 4) is 0 Å². The Bertz CT molecular complexity index is 353. The van der Waals surface area contributed by atoms with E-state index in [1.807, 2.05) is 31.3 Å². The van der Waals surface area contributed by atoms with E-state index in [-0.39, 0.29) is 0 Å². The van der Waals surface area contributed by atoms with Crippen molar-refractivity contribution >= 4 is 17.3 Å². The van der Waals surface area contributed by atoms with Crippen molar-refractivity contribution in [2.45, 2.75) is 13.0 Å². The van der Waals surface area contributed by atoms with E-state index in [4.69, 9.17) is 17.0 Å². The smallest absolute Gasteiger partial charge is 0.169 e. The van der Waals surface area contributed by atoms with Crippen LogP contribution < -0.4 is 5.32 Å². The largest absolute Gasteiger partial charge is 0.385 e. The molecule has 0 aromatic carbocycles. The molecule has 0 atom stereocenters. The average molecular weight is 256 g/mol. The highest BCUT2D eigenvalue weighted by Gasteiger charge is 2.06. The molecule has 0 saturated heterocycles. The van der Waals surface area contributed by atoms with E-state index in [0.717, 1.165) is 36.9 Å². The second kappa shape index (κ2) is 7.24. The van der Waals surface area contributed by atoms with Crippen LogP contribution in [0.1, 0.15) is 12.1 Å². The van der Waals surface area contributed by atoms with Crippen LogP contribution in [-0.4, -0.2) is 47.1 Å². The Morgan fingerprint density at radius 1 is 1.65 bits per heavy atom. The summed E-state index contributed by atoms with van der Waals surface area (Å²) in [6.45, 7) is 2.30. The number of aryl methyl sites for hydroxylation is 1. The fourth-order valence-corrected chi connectivity index (χ4v) is 1.58. The van der Waals surface area contributed by atoms with Crippen molar-refractivity contribution in [3.63, 3.8) is 0 Å². The maximum Gasteiger partial charge on any atom is 0.169 e. The number of hydrogen-bond donors (Lipinski definition) is 1. The molecule has 0 amide bonds. The third-order valence-corrected chi connectivity index (χ3v) is 2.77. The fraction of sp³-hybridized carbons (Fsp3) is 0.636. The van der Waals surface area contributed by atoms with Crippen LogP contribution in [0, 0.1) is 0 Å². The standard InChI is InChI=1S/C11H20N4OS/c1-14(9-10-5-7-15(2)13-10)11(17)12-6-4-8-16-3/h5,7H,4,6,8-9H2,1-3H3,(H,12,17). The molecule has 17 heavy (non-hydrogen) atoms. The van der Waals surface area contributed by atoms with E-state index in [1.54, 1.807) is 11.8 Å². The summed E-state index contributed by atoms with van der Waals surface area (Å²) in [7, 11) is 5.57. The highest BCUT2D eigenvalue weighted by molar-refractivity contribution is 7.80. The summed E-state index contributed by atoms with van der Waals surface area (Å²) in [5, 5.41) is 8.24. The lowest BCUT2D eigenvalue weighted by Gasteiger charge is -2.19. The molecule has 0 aliphatic heterocycles. The molecule has 0 radical (unpaired) electrons. The number of rotatable bonds is 6. The Labute approximate surface area is 108 Å². The molecule has 0 spiro atoms.